The van der Waals surface area contributed by atoms with E-state index in [2.05, 4.69) is 4.98 Å². The highest BCUT2D eigenvalue weighted by Crippen LogP contribution is 2.34. The number of aromatic nitrogens is 1. The second kappa shape index (κ2) is 4.65. The molecule has 0 radical (unpaired) electrons. The Bertz CT molecular complexity index is 459. The molecule has 0 saturated heterocycles. The Hall–Kier alpha value is -1.71. The predicted molar refractivity (Wildman–Crippen MR) is 48.3 cm³/mol. The second-order valence-corrected chi connectivity index (χ2v) is 3.30. The Morgan fingerprint density at radius 1 is 1.41 bits per heavy atom. The molecule has 0 fully saturated rings. The summed E-state index contributed by atoms with van der Waals surface area (Å²) in [4.78, 5) is 3.24. The van der Waals surface area contributed by atoms with Crippen LogP contribution < -0.4 is 0 Å². The third kappa shape index (κ3) is 2.90. The highest BCUT2D eigenvalue weighted by atomic mass is 19.4. The van der Waals surface area contributed by atoms with Crippen LogP contribution in [0.2, 0.25) is 0 Å². The quantitative estimate of drug-likeness (QED) is 0.754. The summed E-state index contributed by atoms with van der Waals surface area (Å²) >= 11 is 0. The van der Waals surface area contributed by atoms with Crippen LogP contribution in [0, 0.1) is 18.3 Å². The van der Waals surface area contributed by atoms with E-state index in [4.69, 9.17) is 5.26 Å². The molecule has 0 amide bonds. The van der Waals surface area contributed by atoms with Gasteiger partial charge in [-0.05, 0) is 18.6 Å². The van der Waals surface area contributed by atoms with Crippen LogP contribution in [0.3, 0.4) is 0 Å². The summed E-state index contributed by atoms with van der Waals surface area (Å²) in [5.41, 5.74) is -2.76. The van der Waals surface area contributed by atoms with Crippen molar-refractivity contribution in [3.8, 4) is 6.07 Å². The minimum atomic E-state index is -4.66. The molecule has 0 atom stereocenters. The van der Waals surface area contributed by atoms with Crippen molar-refractivity contribution in [1.82, 2.24) is 4.98 Å². The van der Waals surface area contributed by atoms with Crippen molar-refractivity contribution < 1.29 is 22.0 Å². The average Bonchev–Trinajstić information content (AvgIpc) is 2.18. The monoisotopic (exact) mass is 250 g/mol. The molecule has 1 aromatic rings. The highest BCUT2D eigenvalue weighted by molar-refractivity contribution is 5.34. The van der Waals surface area contributed by atoms with Gasteiger partial charge in [-0.15, -0.1) is 0 Å². The topological polar surface area (TPSA) is 36.7 Å². The van der Waals surface area contributed by atoms with Crippen LogP contribution in [0.4, 0.5) is 22.0 Å². The fourth-order valence-corrected chi connectivity index (χ4v) is 1.37. The van der Waals surface area contributed by atoms with Crippen molar-refractivity contribution in [2.45, 2.75) is 25.9 Å². The molecular weight excluding hydrogens is 243 g/mol. The van der Waals surface area contributed by atoms with Crippen LogP contribution in [0.25, 0.3) is 0 Å². The molecule has 0 aliphatic carbocycles. The molecule has 1 rings (SSSR count). The van der Waals surface area contributed by atoms with E-state index < -0.39 is 36.0 Å². The van der Waals surface area contributed by atoms with E-state index in [1.165, 1.54) is 6.07 Å². The maximum absolute atomic E-state index is 12.5. The lowest BCUT2D eigenvalue weighted by atomic mass is 10.1. The van der Waals surface area contributed by atoms with E-state index in [-0.39, 0.29) is 5.56 Å². The molecule has 1 aromatic heterocycles. The number of alkyl halides is 5. The van der Waals surface area contributed by atoms with Gasteiger partial charge in [0.25, 0.3) is 6.43 Å². The fraction of sp³-hybridized carbons (Fsp3) is 0.400. The fourth-order valence-electron chi connectivity index (χ4n) is 1.37. The van der Waals surface area contributed by atoms with Gasteiger partial charge in [-0.2, -0.15) is 18.4 Å². The first-order valence-corrected chi connectivity index (χ1v) is 4.50. The molecule has 7 heteroatoms. The number of nitrogens with zero attached hydrogens (tertiary/aromatic N) is 2. The molecule has 17 heavy (non-hydrogen) atoms. The SMILES string of the molecule is Cc1nc(C(F)F)c(CC#N)cc1C(F)(F)F. The van der Waals surface area contributed by atoms with Gasteiger partial charge < -0.3 is 0 Å². The normalized spacial score (nSPS) is 11.6. The van der Waals surface area contributed by atoms with Gasteiger partial charge in [-0.25, -0.2) is 8.78 Å². The molecule has 0 saturated carbocycles. The van der Waals surface area contributed by atoms with Gasteiger partial charge in [0.2, 0.25) is 0 Å². The van der Waals surface area contributed by atoms with Gasteiger partial charge in [-0.1, -0.05) is 0 Å². The smallest absolute Gasteiger partial charge is 0.251 e. The predicted octanol–water partition coefficient (Wildman–Crippen LogP) is 3.41. The van der Waals surface area contributed by atoms with Gasteiger partial charge in [-0.3, -0.25) is 4.98 Å². The van der Waals surface area contributed by atoms with Gasteiger partial charge in [0.1, 0.15) is 5.69 Å². The number of halogens is 5. The molecule has 0 unspecified atom stereocenters. The second-order valence-electron chi connectivity index (χ2n) is 3.30. The standard InChI is InChI=1S/C10H7F5N2/c1-5-7(10(13,14)15)4-6(2-3-16)8(17-5)9(11)12/h4,9H,2H2,1H3. The minimum absolute atomic E-state index is 0.388. The van der Waals surface area contributed by atoms with Crippen LogP contribution in [0.5, 0.6) is 0 Å². The largest absolute Gasteiger partial charge is 0.418 e. The van der Waals surface area contributed by atoms with Crippen LogP contribution in [0.1, 0.15) is 28.9 Å². The summed E-state index contributed by atoms with van der Waals surface area (Å²) in [6.07, 6.45) is -8.20. The van der Waals surface area contributed by atoms with Crippen molar-refractivity contribution in [2.24, 2.45) is 0 Å². The van der Waals surface area contributed by atoms with E-state index in [9.17, 15) is 22.0 Å². The Kier molecular flexibility index (Phi) is 3.66. The number of pyridine rings is 1. The molecular formula is C10H7F5N2. The van der Waals surface area contributed by atoms with E-state index in [1.807, 2.05) is 0 Å². The summed E-state index contributed by atoms with van der Waals surface area (Å²) < 4.78 is 62.5. The zero-order chi connectivity index (χ0) is 13.2. The van der Waals surface area contributed by atoms with Crippen molar-refractivity contribution in [3.63, 3.8) is 0 Å². The van der Waals surface area contributed by atoms with Crippen molar-refractivity contribution in [3.05, 3.63) is 28.6 Å². The first-order valence-electron chi connectivity index (χ1n) is 4.50. The molecule has 1 heterocycles. The number of hydrogen-bond donors (Lipinski definition) is 0. The number of nitriles is 1. The lowest BCUT2D eigenvalue weighted by Gasteiger charge is -2.13. The van der Waals surface area contributed by atoms with E-state index in [0.717, 1.165) is 6.92 Å². The summed E-state index contributed by atoms with van der Waals surface area (Å²) in [7, 11) is 0. The molecule has 0 aliphatic rings. The third-order valence-electron chi connectivity index (χ3n) is 2.11. The first-order chi connectivity index (χ1) is 7.77. The average molecular weight is 250 g/mol. The van der Waals surface area contributed by atoms with E-state index in [1.54, 1.807) is 0 Å². The number of rotatable bonds is 2. The van der Waals surface area contributed by atoms with Crippen LogP contribution in [0.15, 0.2) is 6.07 Å². The number of hydrogen-bond acceptors (Lipinski definition) is 2. The Balaban J connectivity index is 3.41. The zero-order valence-electron chi connectivity index (χ0n) is 8.65. The first kappa shape index (κ1) is 13.4. The van der Waals surface area contributed by atoms with Crippen LogP contribution >= 0.6 is 0 Å². The number of aryl methyl sites for hydroxylation is 1. The maximum Gasteiger partial charge on any atom is 0.418 e. The summed E-state index contributed by atoms with van der Waals surface area (Å²) in [5, 5.41) is 8.38. The Labute approximate surface area is 93.7 Å². The lowest BCUT2D eigenvalue weighted by molar-refractivity contribution is -0.138. The molecule has 0 bridgehead atoms. The lowest BCUT2D eigenvalue weighted by Crippen LogP contribution is -2.12. The van der Waals surface area contributed by atoms with Crippen LogP contribution in [-0.4, -0.2) is 4.98 Å². The van der Waals surface area contributed by atoms with Gasteiger partial charge >= 0.3 is 6.18 Å². The molecule has 92 valence electrons. The third-order valence-corrected chi connectivity index (χ3v) is 2.11. The summed E-state index contributed by atoms with van der Waals surface area (Å²) in [5.74, 6) is 0. The summed E-state index contributed by atoms with van der Waals surface area (Å²) in [6, 6.07) is 2.10. The van der Waals surface area contributed by atoms with E-state index in [0.29, 0.717) is 6.07 Å². The van der Waals surface area contributed by atoms with Gasteiger partial charge in [0.05, 0.1) is 23.7 Å². The maximum atomic E-state index is 12.5. The van der Waals surface area contributed by atoms with Crippen molar-refractivity contribution in [1.29, 1.82) is 5.26 Å². The molecule has 2 nitrogen and oxygen atoms in total. The molecule has 0 N–H and O–H groups in total. The molecule has 0 aromatic carbocycles. The van der Waals surface area contributed by atoms with Crippen molar-refractivity contribution >= 4 is 0 Å². The molecule has 0 aliphatic heterocycles. The Morgan fingerprint density at radius 3 is 2.41 bits per heavy atom. The Morgan fingerprint density at radius 2 is 2.00 bits per heavy atom. The zero-order valence-corrected chi connectivity index (χ0v) is 8.65. The van der Waals surface area contributed by atoms with Gasteiger partial charge in [0, 0.05) is 0 Å². The van der Waals surface area contributed by atoms with Crippen molar-refractivity contribution in [2.75, 3.05) is 0 Å². The minimum Gasteiger partial charge on any atom is -0.251 e. The van der Waals surface area contributed by atoms with Gasteiger partial charge in [0.15, 0.2) is 0 Å². The van der Waals surface area contributed by atoms with E-state index >= 15 is 0 Å². The molecule has 0 spiro atoms. The highest BCUT2D eigenvalue weighted by Gasteiger charge is 2.34. The summed E-state index contributed by atoms with van der Waals surface area (Å²) in [6.45, 7) is 1.00. The van der Waals surface area contributed by atoms with Crippen LogP contribution in [-0.2, 0) is 12.6 Å².